The summed E-state index contributed by atoms with van der Waals surface area (Å²) in [4.78, 5) is 24.4. The summed E-state index contributed by atoms with van der Waals surface area (Å²) in [6, 6.07) is 14.0. The molecule has 0 atom stereocenters. The van der Waals surface area contributed by atoms with Crippen LogP contribution in [0.1, 0.15) is 5.56 Å². The minimum Gasteiger partial charge on any atom is -0.481 e. The van der Waals surface area contributed by atoms with E-state index in [0.717, 1.165) is 16.3 Å². The highest BCUT2D eigenvalue weighted by atomic mass is 16.4. The van der Waals surface area contributed by atoms with E-state index in [1.165, 1.54) is 0 Å². The predicted molar refractivity (Wildman–Crippen MR) is 75.4 cm³/mol. The summed E-state index contributed by atoms with van der Waals surface area (Å²) in [5.41, 5.74) is 0.965. The fraction of sp³-hybridized carbons (Fsp3) is 0.250. The molecule has 0 aliphatic carbocycles. The molecule has 1 heterocycles. The van der Waals surface area contributed by atoms with E-state index in [2.05, 4.69) is 0 Å². The van der Waals surface area contributed by atoms with Crippen molar-refractivity contribution in [2.24, 2.45) is 5.92 Å². The van der Waals surface area contributed by atoms with Gasteiger partial charge in [-0.25, -0.2) is 0 Å². The average molecular weight is 269 g/mol. The normalized spacial score (nSPS) is 15.1. The van der Waals surface area contributed by atoms with E-state index in [-0.39, 0.29) is 5.91 Å². The van der Waals surface area contributed by atoms with Crippen LogP contribution in [0.3, 0.4) is 0 Å². The minimum atomic E-state index is -0.820. The predicted octanol–water partition coefficient (Wildman–Crippen LogP) is 1.93. The first-order valence-corrected chi connectivity index (χ1v) is 6.62. The molecule has 0 saturated carbocycles. The third-order valence-corrected chi connectivity index (χ3v) is 3.75. The van der Waals surface area contributed by atoms with Crippen molar-refractivity contribution in [1.29, 1.82) is 0 Å². The Labute approximate surface area is 116 Å². The van der Waals surface area contributed by atoms with Crippen LogP contribution in [0, 0.1) is 5.92 Å². The van der Waals surface area contributed by atoms with Gasteiger partial charge in [0.2, 0.25) is 5.91 Å². The fourth-order valence-corrected chi connectivity index (χ4v) is 2.47. The van der Waals surface area contributed by atoms with Gasteiger partial charge in [-0.2, -0.15) is 0 Å². The van der Waals surface area contributed by atoms with Crippen LogP contribution in [-0.2, 0) is 16.0 Å². The Morgan fingerprint density at radius 2 is 1.80 bits per heavy atom. The van der Waals surface area contributed by atoms with Gasteiger partial charge in [0.15, 0.2) is 0 Å². The van der Waals surface area contributed by atoms with E-state index >= 15 is 0 Å². The maximum Gasteiger partial charge on any atom is 0.310 e. The zero-order valence-electron chi connectivity index (χ0n) is 11.0. The standard InChI is InChI=1S/C16H15NO3/c18-15(17-9-14(10-17)16(19)20)8-11-5-6-12-3-1-2-4-13(12)7-11/h1-7,14H,8-10H2,(H,19,20). The highest BCUT2D eigenvalue weighted by Gasteiger charge is 2.35. The molecular weight excluding hydrogens is 254 g/mol. The molecule has 1 N–H and O–H groups in total. The minimum absolute atomic E-state index is 0.00205. The largest absolute Gasteiger partial charge is 0.481 e. The molecule has 1 saturated heterocycles. The molecule has 0 bridgehead atoms. The highest BCUT2D eigenvalue weighted by molar-refractivity contribution is 5.86. The zero-order chi connectivity index (χ0) is 14.1. The number of fused-ring (bicyclic) bond motifs is 1. The van der Waals surface area contributed by atoms with Gasteiger partial charge in [-0.1, -0.05) is 42.5 Å². The monoisotopic (exact) mass is 269 g/mol. The van der Waals surface area contributed by atoms with Gasteiger partial charge in [0, 0.05) is 13.1 Å². The summed E-state index contributed by atoms with van der Waals surface area (Å²) in [6.45, 7) is 0.670. The van der Waals surface area contributed by atoms with E-state index in [1.54, 1.807) is 4.90 Å². The van der Waals surface area contributed by atoms with Gasteiger partial charge in [-0.15, -0.1) is 0 Å². The van der Waals surface area contributed by atoms with Crippen LogP contribution in [0.4, 0.5) is 0 Å². The Hall–Kier alpha value is -2.36. The van der Waals surface area contributed by atoms with Crippen molar-refractivity contribution >= 4 is 22.6 Å². The number of carboxylic acids is 1. The second-order valence-electron chi connectivity index (χ2n) is 5.19. The molecule has 0 spiro atoms. The van der Waals surface area contributed by atoms with Crippen LogP contribution in [-0.4, -0.2) is 35.0 Å². The van der Waals surface area contributed by atoms with Gasteiger partial charge >= 0.3 is 5.97 Å². The van der Waals surface area contributed by atoms with Crippen molar-refractivity contribution in [2.45, 2.75) is 6.42 Å². The topological polar surface area (TPSA) is 57.6 Å². The highest BCUT2D eigenvalue weighted by Crippen LogP contribution is 2.19. The van der Waals surface area contributed by atoms with Gasteiger partial charge in [-0.05, 0) is 16.3 Å². The second-order valence-corrected chi connectivity index (χ2v) is 5.19. The van der Waals surface area contributed by atoms with Gasteiger partial charge in [0.25, 0.3) is 0 Å². The van der Waals surface area contributed by atoms with Crippen LogP contribution in [0.5, 0.6) is 0 Å². The number of benzene rings is 2. The molecule has 4 heteroatoms. The lowest BCUT2D eigenvalue weighted by molar-refractivity contribution is -0.152. The van der Waals surface area contributed by atoms with Crippen LogP contribution >= 0.6 is 0 Å². The van der Waals surface area contributed by atoms with E-state index in [4.69, 9.17) is 5.11 Å². The zero-order valence-corrected chi connectivity index (χ0v) is 11.0. The molecular formula is C16H15NO3. The number of hydrogen-bond acceptors (Lipinski definition) is 2. The van der Waals surface area contributed by atoms with Crippen molar-refractivity contribution in [1.82, 2.24) is 4.90 Å². The number of amides is 1. The van der Waals surface area contributed by atoms with E-state index in [9.17, 15) is 9.59 Å². The Morgan fingerprint density at radius 3 is 2.50 bits per heavy atom. The molecule has 102 valence electrons. The Bertz CT molecular complexity index is 674. The third-order valence-electron chi connectivity index (χ3n) is 3.75. The quantitative estimate of drug-likeness (QED) is 0.926. The van der Waals surface area contributed by atoms with Crippen LogP contribution in [0.25, 0.3) is 10.8 Å². The number of likely N-dealkylation sites (tertiary alicyclic amines) is 1. The molecule has 0 aromatic heterocycles. The molecule has 2 aromatic carbocycles. The third kappa shape index (κ3) is 2.37. The summed E-state index contributed by atoms with van der Waals surface area (Å²) in [5.74, 6) is -1.21. The van der Waals surface area contributed by atoms with E-state index in [1.807, 2.05) is 42.5 Å². The van der Waals surface area contributed by atoms with Crippen LogP contribution in [0.15, 0.2) is 42.5 Å². The van der Waals surface area contributed by atoms with Gasteiger partial charge < -0.3 is 10.0 Å². The number of carbonyl (C=O) groups is 2. The smallest absolute Gasteiger partial charge is 0.310 e. The lowest BCUT2D eigenvalue weighted by atomic mass is 9.98. The van der Waals surface area contributed by atoms with Gasteiger partial charge in [-0.3, -0.25) is 9.59 Å². The van der Waals surface area contributed by atoms with Crippen molar-refractivity contribution in [3.63, 3.8) is 0 Å². The number of hydrogen-bond donors (Lipinski definition) is 1. The molecule has 0 unspecified atom stereocenters. The van der Waals surface area contributed by atoms with E-state index < -0.39 is 11.9 Å². The summed E-state index contributed by atoms with van der Waals surface area (Å²) >= 11 is 0. The Balaban J connectivity index is 1.67. The first-order chi connectivity index (χ1) is 9.63. The lowest BCUT2D eigenvalue weighted by Crippen LogP contribution is -2.53. The molecule has 1 fully saturated rings. The first-order valence-electron chi connectivity index (χ1n) is 6.62. The maximum absolute atomic E-state index is 12.0. The lowest BCUT2D eigenvalue weighted by Gasteiger charge is -2.36. The molecule has 1 amide bonds. The first kappa shape index (κ1) is 12.7. The number of carboxylic acid groups (broad SMARTS) is 1. The second kappa shape index (κ2) is 4.96. The molecule has 20 heavy (non-hydrogen) atoms. The Kier molecular flexibility index (Phi) is 3.14. The molecule has 4 nitrogen and oxygen atoms in total. The average Bonchev–Trinajstić information content (AvgIpc) is 2.36. The van der Waals surface area contributed by atoms with E-state index in [0.29, 0.717) is 19.5 Å². The molecule has 0 radical (unpaired) electrons. The summed E-state index contributed by atoms with van der Waals surface area (Å²) < 4.78 is 0. The van der Waals surface area contributed by atoms with Crippen molar-refractivity contribution < 1.29 is 14.7 Å². The summed E-state index contributed by atoms with van der Waals surface area (Å²) in [5, 5.41) is 11.1. The Morgan fingerprint density at radius 1 is 1.10 bits per heavy atom. The van der Waals surface area contributed by atoms with Crippen molar-refractivity contribution in [2.75, 3.05) is 13.1 Å². The van der Waals surface area contributed by atoms with Crippen molar-refractivity contribution in [3.05, 3.63) is 48.0 Å². The number of aliphatic carboxylic acids is 1. The van der Waals surface area contributed by atoms with Crippen LogP contribution < -0.4 is 0 Å². The molecule has 2 aromatic rings. The summed E-state index contributed by atoms with van der Waals surface area (Å²) in [6.07, 6.45) is 0.331. The molecule has 1 aliphatic heterocycles. The molecule has 3 rings (SSSR count). The number of nitrogens with zero attached hydrogens (tertiary/aromatic N) is 1. The fourth-order valence-electron chi connectivity index (χ4n) is 2.47. The summed E-state index contributed by atoms with van der Waals surface area (Å²) in [7, 11) is 0. The van der Waals surface area contributed by atoms with Crippen molar-refractivity contribution in [3.8, 4) is 0 Å². The van der Waals surface area contributed by atoms with Gasteiger partial charge in [0.1, 0.15) is 0 Å². The number of rotatable bonds is 3. The van der Waals surface area contributed by atoms with Crippen LogP contribution in [0.2, 0.25) is 0 Å². The SMILES string of the molecule is O=C(O)C1CN(C(=O)Cc2ccc3ccccc3c2)C1. The van der Waals surface area contributed by atoms with Gasteiger partial charge in [0.05, 0.1) is 12.3 Å². The molecule has 1 aliphatic rings. The maximum atomic E-state index is 12.0. The number of carbonyl (C=O) groups excluding carboxylic acids is 1.